The SMILES string of the molecule is Cc1ccc2ccccc2c1-c1ccc2c3cc4c5ccccc5c5cccc(c3cc3c6ccccc6c1c23)c54. The summed E-state index contributed by atoms with van der Waals surface area (Å²) in [5, 5.41) is 21.6. The molecule has 0 fully saturated rings. The number of rotatable bonds is 1. The largest absolute Gasteiger partial charge is 0.0616 e. The lowest BCUT2D eigenvalue weighted by atomic mass is 9.88. The van der Waals surface area contributed by atoms with E-state index in [0.29, 0.717) is 0 Å². The van der Waals surface area contributed by atoms with Gasteiger partial charge in [-0.3, -0.25) is 0 Å². The van der Waals surface area contributed by atoms with Crippen LogP contribution < -0.4 is 0 Å². The molecule has 0 unspecified atom stereocenters. The van der Waals surface area contributed by atoms with Gasteiger partial charge >= 0.3 is 0 Å². The van der Waals surface area contributed by atoms with Gasteiger partial charge in [-0.2, -0.15) is 0 Å². The van der Waals surface area contributed by atoms with E-state index < -0.39 is 0 Å². The molecule has 0 nitrogen and oxygen atoms in total. The monoisotopic (exact) mass is 516 g/mol. The first kappa shape index (κ1) is 21.6. The van der Waals surface area contributed by atoms with Crippen LogP contribution >= 0.6 is 0 Å². The quantitative estimate of drug-likeness (QED) is 0.190. The topological polar surface area (TPSA) is 0 Å². The van der Waals surface area contributed by atoms with Crippen molar-refractivity contribution >= 4 is 86.2 Å². The first-order valence-electron chi connectivity index (χ1n) is 14.5. The molecule has 10 aromatic carbocycles. The summed E-state index contributed by atoms with van der Waals surface area (Å²) >= 11 is 0. The van der Waals surface area contributed by atoms with Crippen LogP contribution in [0.1, 0.15) is 5.56 Å². The fourth-order valence-corrected chi connectivity index (χ4v) is 7.97. The van der Waals surface area contributed by atoms with E-state index in [2.05, 4.69) is 134 Å². The number of aryl methyl sites for hydroxylation is 1. The Morgan fingerprint density at radius 3 is 1.59 bits per heavy atom. The van der Waals surface area contributed by atoms with Crippen molar-refractivity contribution in [3.05, 3.63) is 133 Å². The van der Waals surface area contributed by atoms with Crippen LogP contribution in [0.3, 0.4) is 0 Å². The van der Waals surface area contributed by atoms with Crippen molar-refractivity contribution in [2.45, 2.75) is 6.92 Å². The second-order valence-corrected chi connectivity index (χ2v) is 11.7. The maximum Gasteiger partial charge on any atom is -0.00137 e. The molecule has 41 heavy (non-hydrogen) atoms. The zero-order chi connectivity index (χ0) is 26.8. The van der Waals surface area contributed by atoms with Gasteiger partial charge in [0.15, 0.2) is 0 Å². The van der Waals surface area contributed by atoms with E-state index in [4.69, 9.17) is 0 Å². The van der Waals surface area contributed by atoms with Crippen LogP contribution in [-0.2, 0) is 0 Å². The summed E-state index contributed by atoms with van der Waals surface area (Å²) in [7, 11) is 0. The van der Waals surface area contributed by atoms with Gasteiger partial charge in [0.05, 0.1) is 0 Å². The van der Waals surface area contributed by atoms with Crippen molar-refractivity contribution in [2.75, 3.05) is 0 Å². The minimum atomic E-state index is 1.29. The maximum atomic E-state index is 2.48. The molecule has 10 aromatic rings. The van der Waals surface area contributed by atoms with E-state index in [1.165, 1.54) is 103 Å². The first-order chi connectivity index (χ1) is 20.3. The predicted octanol–water partition coefficient (Wildman–Crippen LogP) is 11.8. The fraction of sp³-hybridized carbons (Fsp3) is 0.0244. The van der Waals surface area contributed by atoms with Crippen LogP contribution in [0, 0.1) is 6.92 Å². The average molecular weight is 517 g/mol. The van der Waals surface area contributed by atoms with Crippen molar-refractivity contribution < 1.29 is 0 Å². The van der Waals surface area contributed by atoms with Crippen LogP contribution in [0.4, 0.5) is 0 Å². The Balaban J connectivity index is 1.46. The molecule has 10 rings (SSSR count). The molecule has 0 heterocycles. The van der Waals surface area contributed by atoms with E-state index in [1.54, 1.807) is 0 Å². The number of fused-ring (bicyclic) bond motifs is 10. The Morgan fingerprint density at radius 1 is 0.317 bits per heavy atom. The highest BCUT2D eigenvalue weighted by Crippen LogP contribution is 2.50. The maximum absolute atomic E-state index is 2.48. The molecule has 0 saturated heterocycles. The molecular formula is C41H24. The van der Waals surface area contributed by atoms with Crippen LogP contribution in [0.5, 0.6) is 0 Å². The molecule has 0 saturated carbocycles. The third kappa shape index (κ3) is 2.61. The van der Waals surface area contributed by atoms with Gasteiger partial charge in [-0.15, -0.1) is 0 Å². The van der Waals surface area contributed by atoms with Crippen molar-refractivity contribution in [3.63, 3.8) is 0 Å². The predicted molar refractivity (Wildman–Crippen MR) is 179 cm³/mol. The van der Waals surface area contributed by atoms with Crippen LogP contribution in [-0.4, -0.2) is 0 Å². The van der Waals surface area contributed by atoms with E-state index in [9.17, 15) is 0 Å². The summed E-state index contributed by atoms with van der Waals surface area (Å²) in [6.07, 6.45) is 0. The summed E-state index contributed by atoms with van der Waals surface area (Å²) in [5.74, 6) is 0. The van der Waals surface area contributed by atoms with E-state index >= 15 is 0 Å². The second-order valence-electron chi connectivity index (χ2n) is 11.7. The summed E-state index contributed by atoms with van der Waals surface area (Å²) in [4.78, 5) is 0. The number of hydrogen-bond donors (Lipinski definition) is 0. The normalized spacial score (nSPS) is 12.5. The Morgan fingerprint density at radius 2 is 0.829 bits per heavy atom. The Labute approximate surface area is 236 Å². The van der Waals surface area contributed by atoms with Gasteiger partial charge in [-0.25, -0.2) is 0 Å². The standard InChI is InChI=1S/C41H24/c1-23-17-18-24-9-2-3-10-25(24)38(23)33-20-19-32-35-21-36-27-12-5-4-11-26(27)29-15-8-16-31(39(29)36)34(35)22-37-28-13-6-7-14-30(28)40(33)41(32)37/h2-22H,1H3. The molecule has 0 heteroatoms. The lowest BCUT2D eigenvalue weighted by molar-refractivity contribution is 1.50. The molecule has 0 aliphatic heterocycles. The van der Waals surface area contributed by atoms with Gasteiger partial charge in [-0.1, -0.05) is 115 Å². The summed E-state index contributed by atoms with van der Waals surface area (Å²) < 4.78 is 0. The molecule has 0 atom stereocenters. The highest BCUT2D eigenvalue weighted by molar-refractivity contribution is 6.42. The van der Waals surface area contributed by atoms with E-state index in [0.717, 1.165) is 0 Å². The van der Waals surface area contributed by atoms with E-state index in [-0.39, 0.29) is 0 Å². The highest BCUT2D eigenvalue weighted by atomic mass is 14.2. The van der Waals surface area contributed by atoms with Crippen molar-refractivity contribution in [1.82, 2.24) is 0 Å². The zero-order valence-electron chi connectivity index (χ0n) is 22.6. The number of hydrogen-bond acceptors (Lipinski definition) is 0. The van der Waals surface area contributed by atoms with Crippen LogP contribution in [0.15, 0.2) is 127 Å². The molecular weight excluding hydrogens is 492 g/mol. The highest BCUT2D eigenvalue weighted by Gasteiger charge is 2.22. The molecule has 0 aromatic heterocycles. The molecule has 0 aliphatic rings. The van der Waals surface area contributed by atoms with Gasteiger partial charge < -0.3 is 0 Å². The second kappa shape index (κ2) is 7.50. The zero-order valence-corrected chi connectivity index (χ0v) is 22.6. The lowest BCUT2D eigenvalue weighted by Gasteiger charge is -2.15. The molecule has 0 amide bonds. The molecule has 0 bridgehead atoms. The minimum Gasteiger partial charge on any atom is -0.0616 e. The Kier molecular flexibility index (Phi) is 3.95. The fourth-order valence-electron chi connectivity index (χ4n) is 7.97. The molecule has 0 N–H and O–H groups in total. The average Bonchev–Trinajstić information content (AvgIpc) is 3.53. The van der Waals surface area contributed by atoms with Gasteiger partial charge in [-0.05, 0) is 122 Å². The van der Waals surface area contributed by atoms with Gasteiger partial charge in [0.1, 0.15) is 0 Å². The molecule has 0 spiro atoms. The Bertz CT molecular complexity index is 2690. The van der Waals surface area contributed by atoms with Crippen LogP contribution in [0.25, 0.3) is 97.3 Å². The molecule has 188 valence electrons. The van der Waals surface area contributed by atoms with Crippen molar-refractivity contribution in [2.24, 2.45) is 0 Å². The van der Waals surface area contributed by atoms with Gasteiger partial charge in [0.25, 0.3) is 0 Å². The van der Waals surface area contributed by atoms with Crippen molar-refractivity contribution in [1.29, 1.82) is 0 Å². The number of benzene rings is 8. The smallest absolute Gasteiger partial charge is 0.00137 e. The Hall–Kier alpha value is -5.20. The van der Waals surface area contributed by atoms with E-state index in [1.807, 2.05) is 0 Å². The third-order valence-corrected chi connectivity index (χ3v) is 9.66. The molecule has 0 radical (unpaired) electrons. The van der Waals surface area contributed by atoms with Gasteiger partial charge in [0, 0.05) is 0 Å². The lowest BCUT2D eigenvalue weighted by Crippen LogP contribution is -1.89. The molecule has 0 aliphatic carbocycles. The van der Waals surface area contributed by atoms with Gasteiger partial charge in [0.2, 0.25) is 0 Å². The minimum absolute atomic E-state index is 1.29. The summed E-state index contributed by atoms with van der Waals surface area (Å²) in [5.41, 5.74) is 3.99. The third-order valence-electron chi connectivity index (χ3n) is 9.66. The van der Waals surface area contributed by atoms with Crippen molar-refractivity contribution in [3.8, 4) is 11.1 Å². The summed E-state index contributed by atoms with van der Waals surface area (Å²) in [6, 6.07) is 47.8. The van der Waals surface area contributed by atoms with Crippen LogP contribution in [0.2, 0.25) is 0 Å². The first-order valence-corrected chi connectivity index (χ1v) is 14.5. The summed E-state index contributed by atoms with van der Waals surface area (Å²) in [6.45, 7) is 2.25.